The van der Waals surface area contributed by atoms with Gasteiger partial charge in [0.05, 0.1) is 0 Å². The quantitative estimate of drug-likeness (QED) is 0.329. The van der Waals surface area contributed by atoms with Gasteiger partial charge < -0.3 is 24.8 Å². The topological polar surface area (TPSA) is 0 Å². The second kappa shape index (κ2) is 8.77. The van der Waals surface area contributed by atoms with Crippen molar-refractivity contribution < 1.29 is 48.0 Å². The fourth-order valence-electron chi connectivity index (χ4n) is 5.00. The molecule has 0 radical (unpaired) electrons. The van der Waals surface area contributed by atoms with Gasteiger partial charge in [-0.15, -0.1) is 0 Å². The molecule has 0 N–H and O–H groups in total. The van der Waals surface area contributed by atoms with Crippen molar-refractivity contribution in [2.75, 3.05) is 0 Å². The van der Waals surface area contributed by atoms with Crippen molar-refractivity contribution in [3.8, 4) is 0 Å². The van der Waals surface area contributed by atoms with Crippen molar-refractivity contribution in [3.05, 3.63) is 98.9 Å². The third-order valence-corrected chi connectivity index (χ3v) is 13.2. The third kappa shape index (κ3) is 3.44. The van der Waals surface area contributed by atoms with Crippen LogP contribution < -0.4 is 24.8 Å². The average Bonchev–Trinajstić information content (AvgIpc) is 3.43. The summed E-state index contributed by atoms with van der Waals surface area (Å²) in [5.41, 5.74) is 8.90. The maximum Gasteiger partial charge on any atom is -1.00 e. The van der Waals surface area contributed by atoms with Gasteiger partial charge in [0.15, 0.2) is 0 Å². The molecule has 2 atom stereocenters. The van der Waals surface area contributed by atoms with Gasteiger partial charge in [-0.3, -0.25) is 0 Å². The SMILES string of the molecule is Clc1cc2c(C3=Cc4c5cccc4[CH]3[Zr+2][CH]3C=Cc4c(cccc43)S5)cccc2s1.[Cl-].[Cl-]. The van der Waals surface area contributed by atoms with E-state index in [2.05, 4.69) is 78.9 Å². The predicted octanol–water partition coefficient (Wildman–Crippen LogP) is 2.47. The minimum atomic E-state index is -0.843. The van der Waals surface area contributed by atoms with Crippen molar-refractivity contribution in [1.29, 1.82) is 0 Å². The molecule has 1 aromatic heterocycles. The van der Waals surface area contributed by atoms with Crippen molar-refractivity contribution in [2.24, 2.45) is 0 Å². The smallest absolute Gasteiger partial charge is 1.00 e. The van der Waals surface area contributed by atoms with Crippen LogP contribution in [0.15, 0.2) is 76.5 Å². The van der Waals surface area contributed by atoms with Gasteiger partial charge >= 0.3 is 202 Å². The number of thiophene rings is 1. The Balaban J connectivity index is 0.00000108. The fourth-order valence-corrected chi connectivity index (χ4v) is 11.8. The van der Waals surface area contributed by atoms with E-state index in [4.69, 9.17) is 11.6 Å². The Morgan fingerprint density at radius 3 is 2.44 bits per heavy atom. The molecule has 0 amide bonds. The van der Waals surface area contributed by atoms with E-state index < -0.39 is 23.2 Å². The van der Waals surface area contributed by atoms with E-state index >= 15 is 0 Å². The summed E-state index contributed by atoms with van der Waals surface area (Å²) in [6.45, 7) is 0. The van der Waals surface area contributed by atoms with E-state index in [9.17, 15) is 0 Å². The number of halogens is 3. The minimum Gasteiger partial charge on any atom is -1.00 e. The van der Waals surface area contributed by atoms with Crippen molar-refractivity contribution in [3.63, 3.8) is 0 Å². The fraction of sp³-hybridized carbons (Fsp3) is 0.0769. The Morgan fingerprint density at radius 1 is 0.844 bits per heavy atom. The van der Waals surface area contributed by atoms with Gasteiger partial charge in [-0.25, -0.2) is 0 Å². The van der Waals surface area contributed by atoms with E-state index in [0.717, 1.165) is 4.34 Å². The molecule has 0 spiro atoms. The van der Waals surface area contributed by atoms with Gasteiger partial charge in [-0.1, -0.05) is 0 Å². The predicted molar refractivity (Wildman–Crippen MR) is 126 cm³/mol. The molecule has 2 unspecified atom stereocenters. The normalized spacial score (nSPS) is 18.8. The average molecular weight is 589 g/mol. The molecule has 0 saturated carbocycles. The third-order valence-electron chi connectivity index (χ3n) is 6.32. The van der Waals surface area contributed by atoms with Crippen molar-refractivity contribution >= 4 is 62.5 Å². The van der Waals surface area contributed by atoms with Crippen LogP contribution in [0.5, 0.6) is 0 Å². The maximum atomic E-state index is 6.42. The zero-order valence-electron chi connectivity index (χ0n) is 16.6. The Bertz CT molecular complexity index is 1440. The Hall–Kier alpha value is -0.797. The molecule has 32 heavy (non-hydrogen) atoms. The van der Waals surface area contributed by atoms with E-state index in [0.29, 0.717) is 7.25 Å². The van der Waals surface area contributed by atoms with E-state index in [1.54, 1.807) is 22.5 Å². The molecule has 0 fully saturated rings. The summed E-state index contributed by atoms with van der Waals surface area (Å²) in [6.07, 6.45) is 7.38. The molecule has 2 aliphatic carbocycles. The summed E-state index contributed by atoms with van der Waals surface area (Å²) >= 11 is 9.19. The largest absolute Gasteiger partial charge is 1.00 e. The molecule has 4 aromatic rings. The molecular formula is C26H15Cl3S2Zr. The molecular weight excluding hydrogens is 574 g/mol. The van der Waals surface area contributed by atoms with Crippen LogP contribution in [0.3, 0.4) is 0 Å². The van der Waals surface area contributed by atoms with E-state index in [1.807, 2.05) is 11.8 Å². The molecule has 3 aliphatic rings. The number of rotatable bonds is 1. The zero-order valence-corrected chi connectivity index (χ0v) is 23.0. The van der Waals surface area contributed by atoms with Crippen LogP contribution in [0.25, 0.3) is 27.8 Å². The van der Waals surface area contributed by atoms with Crippen LogP contribution in [0.1, 0.15) is 35.1 Å². The van der Waals surface area contributed by atoms with E-state index in [1.165, 1.54) is 42.1 Å². The molecule has 3 aromatic carbocycles. The van der Waals surface area contributed by atoms with Gasteiger partial charge in [0.25, 0.3) is 0 Å². The molecule has 0 nitrogen and oxygen atoms in total. The molecule has 1 aliphatic heterocycles. The Morgan fingerprint density at radius 2 is 1.59 bits per heavy atom. The van der Waals surface area contributed by atoms with Crippen LogP contribution in [0, 0.1) is 0 Å². The molecule has 2 heterocycles. The first-order valence-electron chi connectivity index (χ1n) is 10.0. The van der Waals surface area contributed by atoms with Gasteiger partial charge in [-0.2, -0.15) is 0 Å². The van der Waals surface area contributed by atoms with E-state index in [-0.39, 0.29) is 24.8 Å². The second-order valence-corrected chi connectivity index (χ2v) is 14.5. The standard InChI is InChI=1S/C26H15ClS2.2ClH.Zr/c27-26-15-22-19(8-4-12-25(22)29-26)18-13-17-7-3-11-24(21(17)14-18)28-23-10-2-6-16-5-1-9-20(16)23;;;/h1-15H;2*1H;/q;;;+2/p-2. The first-order valence-corrected chi connectivity index (χ1v) is 14.9. The molecule has 0 saturated heterocycles. The van der Waals surface area contributed by atoms with Crippen LogP contribution in [0.4, 0.5) is 0 Å². The summed E-state index contributed by atoms with van der Waals surface area (Å²) in [6, 6.07) is 22.7. The van der Waals surface area contributed by atoms with Crippen LogP contribution in [0.2, 0.25) is 4.34 Å². The molecule has 6 heteroatoms. The molecule has 7 rings (SSSR count). The molecule has 156 valence electrons. The van der Waals surface area contributed by atoms with Gasteiger partial charge in [0.1, 0.15) is 0 Å². The summed E-state index contributed by atoms with van der Waals surface area (Å²) in [5.74, 6) is 0. The van der Waals surface area contributed by atoms with Crippen LogP contribution in [-0.4, -0.2) is 0 Å². The first kappa shape index (κ1) is 23.0. The minimum absolute atomic E-state index is 0. The van der Waals surface area contributed by atoms with Gasteiger partial charge in [-0.05, 0) is 0 Å². The van der Waals surface area contributed by atoms with Gasteiger partial charge in [0, 0.05) is 0 Å². The Labute approximate surface area is 224 Å². The molecule has 8 bridgehead atoms. The van der Waals surface area contributed by atoms with Crippen molar-refractivity contribution in [2.45, 2.75) is 17.0 Å². The number of allylic oxidation sites excluding steroid dienone is 2. The number of fused-ring (bicyclic) bond motifs is 1. The van der Waals surface area contributed by atoms with Gasteiger partial charge in [0.2, 0.25) is 0 Å². The second-order valence-electron chi connectivity index (χ2n) is 7.92. The Kier molecular flexibility index (Phi) is 6.29. The summed E-state index contributed by atoms with van der Waals surface area (Å²) in [7, 11) is 0. The van der Waals surface area contributed by atoms with Crippen molar-refractivity contribution in [1.82, 2.24) is 0 Å². The van der Waals surface area contributed by atoms with Crippen LogP contribution in [-0.2, 0) is 23.2 Å². The maximum absolute atomic E-state index is 6.42. The summed E-state index contributed by atoms with van der Waals surface area (Å²) in [5, 5.41) is 1.31. The van der Waals surface area contributed by atoms with Crippen LogP contribution >= 0.6 is 34.7 Å². The zero-order chi connectivity index (χ0) is 19.8. The summed E-state index contributed by atoms with van der Waals surface area (Å²) < 4.78 is 3.36. The number of benzene rings is 3. The summed E-state index contributed by atoms with van der Waals surface area (Å²) in [4.78, 5) is 2.78. The monoisotopic (exact) mass is 586 g/mol. The first-order chi connectivity index (χ1) is 14.8. The number of hydrogen-bond donors (Lipinski definition) is 0. The number of hydrogen-bond acceptors (Lipinski definition) is 2.